The summed E-state index contributed by atoms with van der Waals surface area (Å²) in [7, 11) is -2.19. The van der Waals surface area contributed by atoms with Gasteiger partial charge in [0.05, 0.1) is 11.4 Å². The normalized spacial score (nSPS) is 11.6. The molecule has 1 aromatic heterocycles. The second-order valence-electron chi connectivity index (χ2n) is 6.24. The minimum atomic E-state index is -3.69. The molecule has 0 aliphatic heterocycles. The van der Waals surface area contributed by atoms with Gasteiger partial charge in [-0.25, -0.2) is 8.42 Å². The average Bonchev–Trinajstić information content (AvgIpc) is 3.10. The highest BCUT2D eigenvalue weighted by molar-refractivity contribution is 9.10. The van der Waals surface area contributed by atoms with Crippen LogP contribution in [0.4, 0.5) is 5.69 Å². The van der Waals surface area contributed by atoms with Gasteiger partial charge in [-0.2, -0.15) is 4.31 Å². The zero-order valence-electron chi connectivity index (χ0n) is 15.3. The molecule has 6 nitrogen and oxygen atoms in total. The molecule has 0 fully saturated rings. The lowest BCUT2D eigenvalue weighted by Gasteiger charge is -2.16. The molecule has 8 heteroatoms. The Morgan fingerprint density at radius 1 is 1.04 bits per heavy atom. The Kier molecular flexibility index (Phi) is 6.02. The van der Waals surface area contributed by atoms with Crippen molar-refractivity contribution in [2.24, 2.45) is 0 Å². The number of carbonyl (C=O) groups is 1. The number of benzene rings is 2. The van der Waals surface area contributed by atoms with Crippen LogP contribution in [0, 0.1) is 0 Å². The molecule has 0 bridgehead atoms. The van der Waals surface area contributed by atoms with Crippen molar-refractivity contribution in [3.63, 3.8) is 0 Å². The van der Waals surface area contributed by atoms with E-state index in [0.717, 1.165) is 10.0 Å². The summed E-state index contributed by atoms with van der Waals surface area (Å²) in [6.07, 6.45) is 0. The molecule has 146 valence electrons. The number of nitrogens with one attached hydrogen (secondary N) is 1. The minimum Gasteiger partial charge on any atom is -0.460 e. The first-order valence-corrected chi connectivity index (χ1v) is 10.7. The van der Waals surface area contributed by atoms with Crippen LogP contribution in [0.1, 0.15) is 12.7 Å². The second kappa shape index (κ2) is 8.30. The number of sulfonamides is 1. The van der Waals surface area contributed by atoms with Crippen LogP contribution < -0.4 is 5.32 Å². The number of rotatable bonds is 6. The first kappa shape index (κ1) is 20.3. The molecule has 0 spiro atoms. The van der Waals surface area contributed by atoms with E-state index in [4.69, 9.17) is 4.42 Å². The van der Waals surface area contributed by atoms with E-state index in [2.05, 4.69) is 21.2 Å². The van der Waals surface area contributed by atoms with E-state index in [-0.39, 0.29) is 17.3 Å². The van der Waals surface area contributed by atoms with Gasteiger partial charge in [0.1, 0.15) is 11.5 Å². The van der Waals surface area contributed by atoms with Crippen LogP contribution in [-0.4, -0.2) is 25.7 Å². The molecule has 0 saturated carbocycles. The molecular formula is C20H19BrN2O4S. The van der Waals surface area contributed by atoms with Gasteiger partial charge in [0.15, 0.2) is 0 Å². The molecule has 0 radical (unpaired) electrons. The zero-order valence-corrected chi connectivity index (χ0v) is 17.7. The van der Waals surface area contributed by atoms with Crippen LogP contribution in [0.2, 0.25) is 0 Å². The highest BCUT2D eigenvalue weighted by Gasteiger charge is 2.22. The smallest absolute Gasteiger partial charge is 0.243 e. The standard InChI is InChI=1S/C20H19BrN2O4S/c1-14(24)22-17-7-10-19(11-8-17)28(25,26)23(2)13-18-9-12-20(27-18)15-3-5-16(21)6-4-15/h3-12H,13H2,1-2H3,(H,22,24). The van der Waals surface area contributed by atoms with Gasteiger partial charge in [-0.15, -0.1) is 0 Å². The highest BCUT2D eigenvalue weighted by Crippen LogP contribution is 2.26. The summed E-state index contributed by atoms with van der Waals surface area (Å²) < 4.78 is 33.6. The van der Waals surface area contributed by atoms with Crippen LogP contribution in [-0.2, 0) is 21.4 Å². The first-order valence-electron chi connectivity index (χ1n) is 8.44. The molecule has 3 rings (SSSR count). The lowest BCUT2D eigenvalue weighted by atomic mass is 10.2. The van der Waals surface area contributed by atoms with Crippen molar-refractivity contribution >= 4 is 37.5 Å². The van der Waals surface area contributed by atoms with Gasteiger partial charge in [-0.05, 0) is 48.5 Å². The van der Waals surface area contributed by atoms with Crippen LogP contribution in [0.15, 0.2) is 74.4 Å². The largest absolute Gasteiger partial charge is 0.460 e. The third kappa shape index (κ3) is 4.70. The minimum absolute atomic E-state index is 0.103. The summed E-state index contributed by atoms with van der Waals surface area (Å²) in [6.45, 7) is 1.50. The Balaban J connectivity index is 1.74. The predicted octanol–water partition coefficient (Wildman–Crippen LogP) is 4.49. The van der Waals surface area contributed by atoms with Crippen molar-refractivity contribution in [3.8, 4) is 11.3 Å². The Morgan fingerprint density at radius 2 is 1.68 bits per heavy atom. The summed E-state index contributed by atoms with van der Waals surface area (Å²) in [5, 5.41) is 2.61. The topological polar surface area (TPSA) is 79.6 Å². The summed E-state index contributed by atoms with van der Waals surface area (Å²) >= 11 is 3.39. The lowest BCUT2D eigenvalue weighted by Crippen LogP contribution is -2.26. The number of hydrogen-bond donors (Lipinski definition) is 1. The van der Waals surface area contributed by atoms with E-state index in [1.54, 1.807) is 18.2 Å². The molecule has 28 heavy (non-hydrogen) atoms. The number of hydrogen-bond acceptors (Lipinski definition) is 4. The fourth-order valence-corrected chi connectivity index (χ4v) is 4.03. The highest BCUT2D eigenvalue weighted by atomic mass is 79.9. The van der Waals surface area contributed by atoms with Crippen LogP contribution in [0.5, 0.6) is 0 Å². The summed E-state index contributed by atoms with van der Waals surface area (Å²) in [6, 6.07) is 17.3. The average molecular weight is 463 g/mol. The summed E-state index contributed by atoms with van der Waals surface area (Å²) in [4.78, 5) is 11.2. The van der Waals surface area contributed by atoms with Crippen molar-refractivity contribution in [2.75, 3.05) is 12.4 Å². The summed E-state index contributed by atoms with van der Waals surface area (Å²) in [5.74, 6) is 0.999. The van der Waals surface area contributed by atoms with Crippen LogP contribution in [0.25, 0.3) is 11.3 Å². The number of amides is 1. The quantitative estimate of drug-likeness (QED) is 0.585. The number of halogens is 1. The maximum absolute atomic E-state index is 12.8. The molecule has 0 unspecified atom stereocenters. The van der Waals surface area contributed by atoms with Crippen LogP contribution >= 0.6 is 15.9 Å². The van der Waals surface area contributed by atoms with Crippen molar-refractivity contribution in [3.05, 3.63) is 70.9 Å². The molecule has 0 aliphatic carbocycles. The molecule has 0 aliphatic rings. The molecule has 3 aromatic rings. The summed E-state index contributed by atoms with van der Waals surface area (Å²) in [5.41, 5.74) is 1.45. The van der Waals surface area contributed by atoms with Crippen molar-refractivity contribution in [1.29, 1.82) is 0 Å². The fourth-order valence-electron chi connectivity index (χ4n) is 2.63. The Hall–Kier alpha value is -2.42. The van der Waals surface area contributed by atoms with E-state index in [0.29, 0.717) is 17.2 Å². The molecule has 1 heterocycles. The SMILES string of the molecule is CC(=O)Nc1ccc(S(=O)(=O)N(C)Cc2ccc(-c3ccc(Br)cc3)o2)cc1. The van der Waals surface area contributed by atoms with E-state index < -0.39 is 10.0 Å². The van der Waals surface area contributed by atoms with Crippen molar-refractivity contribution in [1.82, 2.24) is 4.31 Å². The zero-order chi connectivity index (χ0) is 20.3. The van der Waals surface area contributed by atoms with Gasteiger partial charge < -0.3 is 9.73 Å². The van der Waals surface area contributed by atoms with Gasteiger partial charge in [0.25, 0.3) is 0 Å². The second-order valence-corrected chi connectivity index (χ2v) is 9.20. The van der Waals surface area contributed by atoms with Crippen LogP contribution in [0.3, 0.4) is 0 Å². The predicted molar refractivity (Wildman–Crippen MR) is 111 cm³/mol. The maximum atomic E-state index is 12.8. The number of nitrogens with zero attached hydrogens (tertiary/aromatic N) is 1. The molecular weight excluding hydrogens is 444 g/mol. The van der Waals surface area contributed by atoms with Gasteiger partial charge in [-0.3, -0.25) is 4.79 Å². The van der Waals surface area contributed by atoms with E-state index >= 15 is 0 Å². The monoisotopic (exact) mass is 462 g/mol. The van der Waals surface area contributed by atoms with Gasteiger partial charge >= 0.3 is 0 Å². The van der Waals surface area contributed by atoms with E-state index in [1.807, 2.05) is 30.3 Å². The number of anilines is 1. The van der Waals surface area contributed by atoms with Crippen molar-refractivity contribution in [2.45, 2.75) is 18.4 Å². The molecule has 1 amide bonds. The Labute approximate surface area is 172 Å². The molecule has 0 atom stereocenters. The third-order valence-electron chi connectivity index (χ3n) is 4.05. The first-order chi connectivity index (χ1) is 13.3. The number of carbonyl (C=O) groups excluding carboxylic acids is 1. The maximum Gasteiger partial charge on any atom is 0.243 e. The Morgan fingerprint density at radius 3 is 2.29 bits per heavy atom. The number of furan rings is 1. The Bertz CT molecular complexity index is 1070. The molecule has 1 N–H and O–H groups in total. The van der Waals surface area contributed by atoms with E-state index in [1.165, 1.54) is 30.4 Å². The fraction of sp³-hybridized carbons (Fsp3) is 0.150. The van der Waals surface area contributed by atoms with Crippen molar-refractivity contribution < 1.29 is 17.6 Å². The molecule has 2 aromatic carbocycles. The van der Waals surface area contributed by atoms with E-state index in [9.17, 15) is 13.2 Å². The third-order valence-corrected chi connectivity index (χ3v) is 6.40. The molecule has 0 saturated heterocycles. The van der Waals surface area contributed by atoms with Gasteiger partial charge in [0.2, 0.25) is 15.9 Å². The van der Waals surface area contributed by atoms with Gasteiger partial charge in [-0.1, -0.05) is 28.1 Å². The van der Waals surface area contributed by atoms with Gasteiger partial charge in [0, 0.05) is 29.7 Å². The lowest BCUT2D eigenvalue weighted by molar-refractivity contribution is -0.114.